The summed E-state index contributed by atoms with van der Waals surface area (Å²) in [5, 5.41) is 0. The van der Waals surface area contributed by atoms with Gasteiger partial charge >= 0.3 is 6.18 Å². The Morgan fingerprint density at radius 2 is 1.77 bits per heavy atom. The van der Waals surface area contributed by atoms with Crippen LogP contribution in [0, 0.1) is 19.8 Å². The summed E-state index contributed by atoms with van der Waals surface area (Å²) in [7, 11) is -3.60. The van der Waals surface area contributed by atoms with Gasteiger partial charge in [0.25, 0.3) is 0 Å². The van der Waals surface area contributed by atoms with Gasteiger partial charge in [-0.25, -0.2) is 13.1 Å². The van der Waals surface area contributed by atoms with Crippen LogP contribution in [0.25, 0.3) is 0 Å². The Morgan fingerprint density at radius 1 is 1.13 bits per heavy atom. The van der Waals surface area contributed by atoms with Crippen LogP contribution in [0.4, 0.5) is 13.2 Å². The van der Waals surface area contributed by atoms with Crippen LogP contribution >= 0.6 is 0 Å². The Hall–Kier alpha value is -1.84. The number of aryl methyl sites for hydroxylation is 2. The van der Waals surface area contributed by atoms with Gasteiger partial charge in [0.2, 0.25) is 10.0 Å². The van der Waals surface area contributed by atoms with E-state index >= 15 is 0 Å². The molecule has 1 aromatic heterocycles. The molecule has 1 saturated heterocycles. The lowest BCUT2D eigenvalue weighted by Gasteiger charge is -2.31. The summed E-state index contributed by atoms with van der Waals surface area (Å²) >= 11 is 0. The Labute approximate surface area is 175 Å². The van der Waals surface area contributed by atoms with Crippen molar-refractivity contribution < 1.29 is 26.0 Å². The highest BCUT2D eigenvalue weighted by Crippen LogP contribution is 2.29. The van der Waals surface area contributed by atoms with E-state index in [9.17, 15) is 21.6 Å². The number of benzene rings is 1. The molecular weight excluding hydrogens is 417 g/mol. The topological polar surface area (TPSA) is 62.6 Å². The maximum atomic E-state index is 12.6. The van der Waals surface area contributed by atoms with Crippen molar-refractivity contribution in [2.75, 3.05) is 19.6 Å². The molecule has 1 aliphatic heterocycles. The molecule has 1 aliphatic rings. The molecule has 2 heterocycles. The second kappa shape index (κ2) is 9.11. The molecule has 30 heavy (non-hydrogen) atoms. The summed E-state index contributed by atoms with van der Waals surface area (Å²) in [6.45, 7) is 6.83. The lowest BCUT2D eigenvalue weighted by Crippen LogP contribution is -2.38. The second-order valence-corrected chi connectivity index (χ2v) is 9.77. The number of piperidine rings is 1. The highest BCUT2D eigenvalue weighted by molar-refractivity contribution is 7.88. The SMILES string of the molecule is Cc1cc(CN2CCC(CNS(=O)(=O)Cc3ccc(C(F)(F)F)cc3)CC2)c(C)o1. The molecule has 0 unspecified atom stereocenters. The van der Waals surface area contributed by atoms with Crippen molar-refractivity contribution in [1.82, 2.24) is 9.62 Å². The zero-order valence-corrected chi connectivity index (χ0v) is 17.9. The van der Waals surface area contributed by atoms with Gasteiger partial charge in [0.1, 0.15) is 11.5 Å². The van der Waals surface area contributed by atoms with E-state index in [1.165, 1.54) is 17.7 Å². The standard InChI is InChI=1S/C21H27F3N2O3S/c1-15-11-19(16(2)29-15)13-26-9-7-17(8-10-26)12-25-30(27,28)14-18-3-5-20(6-4-18)21(22,23)24/h3-6,11,17,25H,7-10,12-14H2,1-2H3. The molecule has 0 aliphatic carbocycles. The molecule has 0 bridgehead atoms. The van der Waals surface area contributed by atoms with Crippen molar-refractivity contribution in [3.8, 4) is 0 Å². The number of furan rings is 1. The molecule has 0 amide bonds. The van der Waals surface area contributed by atoms with Gasteiger partial charge in [0, 0.05) is 18.7 Å². The molecule has 9 heteroatoms. The fourth-order valence-electron chi connectivity index (χ4n) is 3.74. The average molecular weight is 445 g/mol. The number of hydrogen-bond donors (Lipinski definition) is 1. The van der Waals surface area contributed by atoms with Crippen LogP contribution in [-0.4, -0.2) is 33.0 Å². The van der Waals surface area contributed by atoms with E-state index in [4.69, 9.17) is 4.42 Å². The third kappa shape index (κ3) is 6.33. The summed E-state index contributed by atoms with van der Waals surface area (Å²) in [5.74, 6) is 1.75. The van der Waals surface area contributed by atoms with Gasteiger partial charge in [-0.2, -0.15) is 13.2 Å². The summed E-state index contributed by atoms with van der Waals surface area (Å²) in [6, 6.07) is 6.28. The third-order valence-electron chi connectivity index (χ3n) is 5.47. The first-order valence-corrected chi connectivity index (χ1v) is 11.6. The number of alkyl halides is 3. The predicted octanol–water partition coefficient (Wildman–Crippen LogP) is 4.25. The van der Waals surface area contributed by atoms with E-state index in [0.717, 1.165) is 56.1 Å². The van der Waals surface area contributed by atoms with Gasteiger partial charge in [0.15, 0.2) is 0 Å². The molecule has 0 radical (unpaired) electrons. The fourth-order valence-corrected chi connectivity index (χ4v) is 4.96. The summed E-state index contributed by atoms with van der Waals surface area (Å²) in [6.07, 6.45) is -2.66. The van der Waals surface area contributed by atoms with Crippen LogP contribution in [0.5, 0.6) is 0 Å². The molecule has 0 saturated carbocycles. The van der Waals surface area contributed by atoms with Crippen LogP contribution in [0.1, 0.15) is 41.1 Å². The molecule has 5 nitrogen and oxygen atoms in total. The van der Waals surface area contributed by atoms with Gasteiger partial charge in [-0.05, 0) is 69.5 Å². The Bertz CT molecular complexity index is 945. The number of nitrogens with zero attached hydrogens (tertiary/aromatic N) is 1. The molecule has 1 aromatic carbocycles. The van der Waals surface area contributed by atoms with Crippen LogP contribution in [0.2, 0.25) is 0 Å². The molecule has 166 valence electrons. The molecular formula is C21H27F3N2O3S. The summed E-state index contributed by atoms with van der Waals surface area (Å²) in [4.78, 5) is 2.34. The maximum absolute atomic E-state index is 12.6. The molecule has 2 aromatic rings. The largest absolute Gasteiger partial charge is 0.466 e. The van der Waals surface area contributed by atoms with E-state index in [-0.39, 0.29) is 11.7 Å². The second-order valence-electron chi connectivity index (χ2n) is 7.96. The van der Waals surface area contributed by atoms with E-state index in [2.05, 4.69) is 15.7 Å². The van der Waals surface area contributed by atoms with Gasteiger partial charge in [-0.3, -0.25) is 4.90 Å². The minimum absolute atomic E-state index is 0.246. The van der Waals surface area contributed by atoms with Crippen molar-refractivity contribution in [2.24, 2.45) is 5.92 Å². The lowest BCUT2D eigenvalue weighted by molar-refractivity contribution is -0.137. The third-order valence-corrected chi connectivity index (χ3v) is 6.79. The zero-order valence-electron chi connectivity index (χ0n) is 17.1. The Kier molecular flexibility index (Phi) is 6.94. The van der Waals surface area contributed by atoms with Crippen molar-refractivity contribution in [2.45, 2.75) is 45.2 Å². The van der Waals surface area contributed by atoms with Crippen LogP contribution in [-0.2, 0) is 28.5 Å². The quantitative estimate of drug-likeness (QED) is 0.694. The van der Waals surface area contributed by atoms with Gasteiger partial charge in [-0.15, -0.1) is 0 Å². The predicted molar refractivity (Wildman–Crippen MR) is 108 cm³/mol. The van der Waals surface area contributed by atoms with Gasteiger partial charge in [0.05, 0.1) is 11.3 Å². The number of sulfonamides is 1. The van der Waals surface area contributed by atoms with E-state index in [0.29, 0.717) is 12.1 Å². The normalized spacial score (nSPS) is 16.8. The maximum Gasteiger partial charge on any atom is 0.416 e. The first kappa shape index (κ1) is 22.8. The first-order chi connectivity index (χ1) is 14.0. The molecule has 1 N–H and O–H groups in total. The minimum Gasteiger partial charge on any atom is -0.466 e. The highest BCUT2D eigenvalue weighted by atomic mass is 32.2. The fraction of sp³-hybridized carbons (Fsp3) is 0.524. The van der Waals surface area contributed by atoms with Crippen molar-refractivity contribution in [1.29, 1.82) is 0 Å². The Balaban J connectivity index is 1.44. The van der Waals surface area contributed by atoms with Crippen molar-refractivity contribution >= 4 is 10.0 Å². The molecule has 1 fully saturated rings. The van der Waals surface area contributed by atoms with Gasteiger partial charge in [-0.1, -0.05) is 12.1 Å². The van der Waals surface area contributed by atoms with E-state index in [1.54, 1.807) is 0 Å². The number of rotatable bonds is 7. The molecule has 0 atom stereocenters. The van der Waals surface area contributed by atoms with Crippen LogP contribution in [0.15, 0.2) is 34.7 Å². The lowest BCUT2D eigenvalue weighted by atomic mass is 9.97. The average Bonchev–Trinajstić information content (AvgIpc) is 2.97. The summed E-state index contributed by atoms with van der Waals surface area (Å²) in [5.41, 5.74) is 0.725. The van der Waals surface area contributed by atoms with Crippen molar-refractivity contribution in [3.63, 3.8) is 0 Å². The molecule has 3 rings (SSSR count). The first-order valence-electron chi connectivity index (χ1n) is 9.93. The number of likely N-dealkylation sites (tertiary alicyclic amines) is 1. The minimum atomic E-state index is -4.43. The number of nitrogens with one attached hydrogen (secondary N) is 1. The summed E-state index contributed by atoms with van der Waals surface area (Å²) < 4.78 is 70.7. The van der Waals surface area contributed by atoms with Crippen LogP contribution in [0.3, 0.4) is 0 Å². The Morgan fingerprint density at radius 3 is 2.30 bits per heavy atom. The smallest absolute Gasteiger partial charge is 0.416 e. The van der Waals surface area contributed by atoms with E-state index < -0.39 is 21.8 Å². The van der Waals surface area contributed by atoms with E-state index in [1.807, 2.05) is 13.8 Å². The number of hydrogen-bond acceptors (Lipinski definition) is 4. The monoisotopic (exact) mass is 444 g/mol. The number of halogens is 3. The molecule has 0 spiro atoms. The van der Waals surface area contributed by atoms with Crippen LogP contribution < -0.4 is 4.72 Å². The highest BCUT2D eigenvalue weighted by Gasteiger charge is 2.30. The zero-order chi connectivity index (χ0) is 21.9. The van der Waals surface area contributed by atoms with Gasteiger partial charge < -0.3 is 4.42 Å². The van der Waals surface area contributed by atoms with Crippen molar-refractivity contribution in [3.05, 3.63) is 58.5 Å².